The molecule has 0 fully saturated rings. The zero-order valence-electron chi connectivity index (χ0n) is 14.2. The van der Waals surface area contributed by atoms with Crippen LogP contribution in [0.5, 0.6) is 5.75 Å². The van der Waals surface area contributed by atoms with Crippen molar-refractivity contribution in [1.29, 1.82) is 0 Å². The fourth-order valence-electron chi connectivity index (χ4n) is 2.77. The lowest BCUT2D eigenvalue weighted by Crippen LogP contribution is -2.13. The van der Waals surface area contributed by atoms with Crippen LogP contribution in [-0.2, 0) is 23.5 Å². The molecule has 9 heteroatoms. The van der Waals surface area contributed by atoms with Crippen LogP contribution >= 0.6 is 11.8 Å². The molecule has 0 atom stereocenters. The summed E-state index contributed by atoms with van der Waals surface area (Å²) in [7, 11) is 0. The van der Waals surface area contributed by atoms with E-state index in [1.54, 1.807) is 0 Å². The normalized spacial score (nSPS) is 13.0. The number of aromatic nitrogens is 2. The van der Waals surface area contributed by atoms with Crippen molar-refractivity contribution in [3.05, 3.63) is 75.2 Å². The van der Waals surface area contributed by atoms with Gasteiger partial charge < -0.3 is 13.9 Å². The highest BCUT2D eigenvalue weighted by atomic mass is 32.2. The molecule has 3 aromatic rings. The van der Waals surface area contributed by atoms with Crippen molar-refractivity contribution < 1.29 is 18.8 Å². The number of thioether (sulfide) groups is 1. The molecular formula is C18H15N3O5S. The lowest BCUT2D eigenvalue weighted by atomic mass is 10.1. The van der Waals surface area contributed by atoms with E-state index in [4.69, 9.17) is 13.9 Å². The number of nitro benzene ring substituents is 1. The Kier molecular flexibility index (Phi) is 5.03. The Hall–Kier alpha value is -2.91. The second-order valence-corrected chi connectivity index (χ2v) is 6.80. The molecule has 1 aliphatic rings. The lowest BCUT2D eigenvalue weighted by molar-refractivity contribution is -0.385. The van der Waals surface area contributed by atoms with Crippen molar-refractivity contribution in [3.63, 3.8) is 0 Å². The van der Waals surface area contributed by atoms with Gasteiger partial charge in [0.05, 0.1) is 18.0 Å². The number of ether oxygens (including phenoxy) is 2. The number of hydrogen-bond acceptors (Lipinski definition) is 8. The first-order valence-corrected chi connectivity index (χ1v) is 9.17. The predicted octanol–water partition coefficient (Wildman–Crippen LogP) is 3.73. The molecule has 4 rings (SSSR count). The van der Waals surface area contributed by atoms with Gasteiger partial charge in [-0.05, 0) is 5.56 Å². The first-order chi connectivity index (χ1) is 13.2. The largest absolute Gasteiger partial charge is 0.467 e. The van der Waals surface area contributed by atoms with Crippen LogP contribution in [0.4, 0.5) is 5.69 Å². The van der Waals surface area contributed by atoms with Crippen molar-refractivity contribution in [2.75, 3.05) is 6.79 Å². The van der Waals surface area contributed by atoms with Crippen LogP contribution in [0.1, 0.15) is 22.6 Å². The van der Waals surface area contributed by atoms with Crippen molar-refractivity contribution >= 4 is 17.4 Å². The molecule has 2 heterocycles. The Balaban J connectivity index is 1.49. The summed E-state index contributed by atoms with van der Waals surface area (Å²) in [6, 6.07) is 12.8. The number of rotatable bonds is 6. The molecule has 0 unspecified atom stereocenters. The molecule has 0 amide bonds. The van der Waals surface area contributed by atoms with E-state index in [1.165, 1.54) is 23.9 Å². The Morgan fingerprint density at radius 3 is 2.85 bits per heavy atom. The Bertz CT molecular complexity index is 961. The average Bonchev–Trinajstić information content (AvgIpc) is 3.14. The number of non-ortho nitro benzene ring substituents is 1. The molecule has 8 nitrogen and oxygen atoms in total. The van der Waals surface area contributed by atoms with Gasteiger partial charge in [-0.15, -0.1) is 10.2 Å². The van der Waals surface area contributed by atoms with Crippen LogP contribution < -0.4 is 4.74 Å². The summed E-state index contributed by atoms with van der Waals surface area (Å²) in [5, 5.41) is 19.7. The monoisotopic (exact) mass is 385 g/mol. The van der Waals surface area contributed by atoms with Crippen LogP contribution in [0, 0.1) is 10.1 Å². The molecule has 0 radical (unpaired) electrons. The van der Waals surface area contributed by atoms with E-state index in [0.717, 1.165) is 5.56 Å². The van der Waals surface area contributed by atoms with Gasteiger partial charge in [-0.3, -0.25) is 10.1 Å². The Labute approximate surface area is 158 Å². The molecule has 1 aromatic heterocycles. The van der Waals surface area contributed by atoms with Gasteiger partial charge in [-0.1, -0.05) is 42.1 Å². The average molecular weight is 385 g/mol. The number of nitrogens with zero attached hydrogens (tertiary/aromatic N) is 3. The maximum atomic E-state index is 11.2. The third-order valence-electron chi connectivity index (χ3n) is 3.98. The van der Waals surface area contributed by atoms with E-state index in [0.29, 0.717) is 40.2 Å². The molecule has 2 aromatic carbocycles. The summed E-state index contributed by atoms with van der Waals surface area (Å²) < 4.78 is 16.4. The highest BCUT2D eigenvalue weighted by molar-refractivity contribution is 7.98. The minimum atomic E-state index is -0.423. The standard InChI is InChI=1S/C18H15N3O5S/c22-21(23)15-7-13-9-24-11-25-17(13)14(8-15)10-27-18-20-19-16(26-18)6-12-4-2-1-3-5-12/h1-5,7-8H,6,9-11H2. The second-order valence-electron chi connectivity index (χ2n) is 5.87. The molecule has 1 aliphatic heterocycles. The van der Waals surface area contributed by atoms with Crippen molar-refractivity contribution in [1.82, 2.24) is 10.2 Å². The second kappa shape index (κ2) is 7.77. The van der Waals surface area contributed by atoms with Gasteiger partial charge >= 0.3 is 0 Å². The van der Waals surface area contributed by atoms with Crippen LogP contribution in [0.2, 0.25) is 0 Å². The number of hydrogen-bond donors (Lipinski definition) is 0. The van der Waals surface area contributed by atoms with Gasteiger partial charge in [0.1, 0.15) is 5.75 Å². The third-order valence-corrected chi connectivity index (χ3v) is 4.85. The summed E-state index contributed by atoms with van der Waals surface area (Å²) >= 11 is 1.31. The molecule has 0 saturated heterocycles. The van der Waals surface area contributed by atoms with E-state index in [1.807, 2.05) is 30.3 Å². The minimum Gasteiger partial charge on any atom is -0.467 e. The van der Waals surface area contributed by atoms with Gasteiger partial charge in [0.2, 0.25) is 5.89 Å². The Morgan fingerprint density at radius 2 is 2.04 bits per heavy atom. The summed E-state index contributed by atoms with van der Waals surface area (Å²) in [5.41, 5.74) is 2.46. The minimum absolute atomic E-state index is 0.00810. The van der Waals surface area contributed by atoms with Crippen LogP contribution in [-0.4, -0.2) is 21.9 Å². The lowest BCUT2D eigenvalue weighted by Gasteiger charge is -2.20. The van der Waals surface area contributed by atoms with Gasteiger partial charge in [0, 0.05) is 29.0 Å². The number of nitro groups is 1. The van der Waals surface area contributed by atoms with Gasteiger partial charge in [0.15, 0.2) is 6.79 Å². The first-order valence-electron chi connectivity index (χ1n) is 8.19. The Morgan fingerprint density at radius 1 is 1.19 bits per heavy atom. The van der Waals surface area contributed by atoms with Gasteiger partial charge in [0.25, 0.3) is 10.9 Å². The topological polar surface area (TPSA) is 101 Å². The van der Waals surface area contributed by atoms with Crippen molar-refractivity contribution in [3.8, 4) is 5.75 Å². The SMILES string of the molecule is O=[N+]([O-])c1cc2c(c(CSc3nnc(Cc4ccccc4)o3)c1)OCOC2. The zero-order valence-corrected chi connectivity index (χ0v) is 15.0. The van der Waals surface area contributed by atoms with E-state index in [-0.39, 0.29) is 19.1 Å². The number of benzene rings is 2. The first kappa shape index (κ1) is 17.5. The molecule has 27 heavy (non-hydrogen) atoms. The fourth-order valence-corrected chi connectivity index (χ4v) is 3.52. The van der Waals surface area contributed by atoms with Crippen LogP contribution in [0.15, 0.2) is 52.1 Å². The molecule has 0 spiro atoms. The van der Waals surface area contributed by atoms with Crippen molar-refractivity contribution in [2.45, 2.75) is 24.0 Å². The van der Waals surface area contributed by atoms with E-state index in [2.05, 4.69) is 10.2 Å². The molecule has 138 valence electrons. The van der Waals surface area contributed by atoms with Crippen molar-refractivity contribution in [2.24, 2.45) is 0 Å². The van der Waals surface area contributed by atoms with Gasteiger partial charge in [-0.2, -0.15) is 0 Å². The summed E-state index contributed by atoms with van der Waals surface area (Å²) in [4.78, 5) is 10.7. The summed E-state index contributed by atoms with van der Waals surface area (Å²) in [6.45, 7) is 0.417. The van der Waals surface area contributed by atoms with E-state index >= 15 is 0 Å². The highest BCUT2D eigenvalue weighted by Crippen LogP contribution is 2.36. The van der Waals surface area contributed by atoms with Gasteiger partial charge in [-0.25, -0.2) is 0 Å². The molecular weight excluding hydrogens is 370 g/mol. The highest BCUT2D eigenvalue weighted by Gasteiger charge is 2.21. The molecule has 0 saturated carbocycles. The quantitative estimate of drug-likeness (QED) is 0.359. The summed E-state index contributed by atoms with van der Waals surface area (Å²) in [6.07, 6.45) is 0.557. The maximum Gasteiger partial charge on any atom is 0.276 e. The maximum absolute atomic E-state index is 11.2. The summed E-state index contributed by atoms with van der Waals surface area (Å²) in [5.74, 6) is 1.56. The smallest absolute Gasteiger partial charge is 0.276 e. The molecule has 0 N–H and O–H groups in total. The van der Waals surface area contributed by atoms with E-state index < -0.39 is 4.92 Å². The van der Waals surface area contributed by atoms with E-state index in [9.17, 15) is 10.1 Å². The third kappa shape index (κ3) is 4.09. The molecule has 0 bridgehead atoms. The van der Waals surface area contributed by atoms with Crippen LogP contribution in [0.25, 0.3) is 0 Å². The molecule has 0 aliphatic carbocycles. The fraction of sp³-hybridized carbons (Fsp3) is 0.222. The zero-order chi connectivity index (χ0) is 18.6. The number of fused-ring (bicyclic) bond motifs is 1. The van der Waals surface area contributed by atoms with Crippen LogP contribution in [0.3, 0.4) is 0 Å². The predicted molar refractivity (Wildman–Crippen MR) is 96.5 cm³/mol.